The van der Waals surface area contributed by atoms with Crippen LogP contribution in [0.15, 0.2) is 54.6 Å². The lowest BCUT2D eigenvalue weighted by Crippen LogP contribution is -2.40. The maximum Gasteiger partial charge on any atom is 0.248 e. The number of benzene rings is 2. The van der Waals surface area contributed by atoms with E-state index in [0.29, 0.717) is 18.5 Å². The molecule has 0 spiro atoms. The fourth-order valence-corrected chi connectivity index (χ4v) is 2.59. The van der Waals surface area contributed by atoms with Crippen LogP contribution in [0.5, 0.6) is 0 Å². The van der Waals surface area contributed by atoms with E-state index in [-0.39, 0.29) is 11.9 Å². The number of aryl methyl sites for hydroxylation is 1. The number of primary amides is 1. The molecule has 2 aromatic carbocycles. The molecule has 132 valence electrons. The number of carbonyl (C=O) groups excluding carboxylic acids is 2. The van der Waals surface area contributed by atoms with Crippen LogP contribution < -0.4 is 16.4 Å². The van der Waals surface area contributed by atoms with Crippen LogP contribution in [-0.2, 0) is 17.6 Å². The van der Waals surface area contributed by atoms with E-state index in [1.165, 1.54) is 0 Å². The predicted octanol–water partition coefficient (Wildman–Crippen LogP) is 1.66. The van der Waals surface area contributed by atoms with Gasteiger partial charge in [0.1, 0.15) is 0 Å². The third-order valence-corrected chi connectivity index (χ3v) is 4.16. The molecule has 0 heterocycles. The van der Waals surface area contributed by atoms with Gasteiger partial charge in [-0.15, -0.1) is 0 Å². The average Bonchev–Trinajstić information content (AvgIpc) is 2.64. The molecule has 25 heavy (non-hydrogen) atoms. The van der Waals surface area contributed by atoms with Gasteiger partial charge in [0, 0.05) is 24.6 Å². The van der Waals surface area contributed by atoms with Gasteiger partial charge in [0.15, 0.2) is 0 Å². The first-order valence-corrected chi connectivity index (χ1v) is 8.45. The van der Waals surface area contributed by atoms with E-state index in [1.54, 1.807) is 12.1 Å². The van der Waals surface area contributed by atoms with Crippen LogP contribution in [-0.4, -0.2) is 31.4 Å². The number of likely N-dealkylation sites (N-methyl/N-ethyl adjacent to an activating group) is 1. The highest BCUT2D eigenvalue weighted by Crippen LogP contribution is 2.07. The van der Waals surface area contributed by atoms with Crippen molar-refractivity contribution in [3.05, 3.63) is 71.3 Å². The molecule has 0 radical (unpaired) electrons. The fraction of sp³-hybridized carbons (Fsp3) is 0.300. The second-order valence-corrected chi connectivity index (χ2v) is 6.04. The Morgan fingerprint density at radius 1 is 1.00 bits per heavy atom. The van der Waals surface area contributed by atoms with Gasteiger partial charge in [0.2, 0.25) is 11.8 Å². The van der Waals surface area contributed by atoms with Gasteiger partial charge in [-0.1, -0.05) is 42.5 Å². The fourth-order valence-electron chi connectivity index (χ4n) is 2.59. The number of rotatable bonds is 9. The van der Waals surface area contributed by atoms with E-state index in [4.69, 9.17) is 5.73 Å². The summed E-state index contributed by atoms with van der Waals surface area (Å²) in [5.74, 6) is -0.379. The third kappa shape index (κ3) is 6.39. The van der Waals surface area contributed by atoms with E-state index < -0.39 is 5.91 Å². The third-order valence-electron chi connectivity index (χ3n) is 4.16. The molecular formula is C20H25N3O2. The number of hydrogen-bond donors (Lipinski definition) is 3. The lowest BCUT2D eigenvalue weighted by Gasteiger charge is -2.17. The highest BCUT2D eigenvalue weighted by Gasteiger charge is 2.10. The van der Waals surface area contributed by atoms with Crippen molar-refractivity contribution in [2.75, 3.05) is 13.6 Å². The molecule has 1 atom stereocenters. The van der Waals surface area contributed by atoms with Crippen LogP contribution in [0, 0.1) is 0 Å². The Hall–Kier alpha value is -2.66. The quantitative estimate of drug-likeness (QED) is 0.650. The molecule has 2 rings (SSSR count). The molecule has 2 amide bonds. The van der Waals surface area contributed by atoms with Crippen molar-refractivity contribution in [3.63, 3.8) is 0 Å². The monoisotopic (exact) mass is 339 g/mol. The normalized spacial score (nSPS) is 11.7. The first kappa shape index (κ1) is 18.7. The largest absolute Gasteiger partial charge is 0.366 e. The highest BCUT2D eigenvalue weighted by atomic mass is 16.1. The molecule has 5 nitrogen and oxygen atoms in total. The SMILES string of the molecule is CN[C@H](CNC(=O)CCc1ccccc1)Cc1ccc(C(N)=O)cc1. The molecule has 0 unspecified atom stereocenters. The second kappa shape index (κ2) is 9.59. The Bertz CT molecular complexity index is 684. The minimum absolute atomic E-state index is 0.0492. The average molecular weight is 339 g/mol. The summed E-state index contributed by atoms with van der Waals surface area (Å²) in [6, 6.07) is 17.3. The highest BCUT2D eigenvalue weighted by molar-refractivity contribution is 5.92. The molecule has 4 N–H and O–H groups in total. The lowest BCUT2D eigenvalue weighted by atomic mass is 10.0. The van der Waals surface area contributed by atoms with Gasteiger partial charge in [-0.05, 0) is 43.1 Å². The lowest BCUT2D eigenvalue weighted by molar-refractivity contribution is -0.121. The Labute approximate surface area is 148 Å². The Morgan fingerprint density at radius 2 is 1.68 bits per heavy atom. The van der Waals surface area contributed by atoms with Crippen molar-refractivity contribution >= 4 is 11.8 Å². The van der Waals surface area contributed by atoms with Gasteiger partial charge in [-0.25, -0.2) is 0 Å². The molecule has 0 bridgehead atoms. The summed E-state index contributed by atoms with van der Waals surface area (Å²) in [5, 5.41) is 6.19. The van der Waals surface area contributed by atoms with Gasteiger partial charge < -0.3 is 16.4 Å². The van der Waals surface area contributed by atoms with Crippen LogP contribution in [0.4, 0.5) is 0 Å². The molecule has 5 heteroatoms. The molecule has 0 aliphatic heterocycles. The minimum Gasteiger partial charge on any atom is -0.366 e. The number of nitrogens with two attached hydrogens (primary N) is 1. The summed E-state index contributed by atoms with van der Waals surface area (Å²) >= 11 is 0. The van der Waals surface area contributed by atoms with Gasteiger partial charge in [-0.3, -0.25) is 9.59 Å². The molecular weight excluding hydrogens is 314 g/mol. The summed E-state index contributed by atoms with van der Waals surface area (Å²) in [6.07, 6.45) is 1.98. The summed E-state index contributed by atoms with van der Waals surface area (Å²) < 4.78 is 0. The van der Waals surface area contributed by atoms with Gasteiger partial charge in [-0.2, -0.15) is 0 Å². The van der Waals surface area contributed by atoms with Crippen molar-refractivity contribution in [2.24, 2.45) is 5.73 Å². The van der Waals surface area contributed by atoms with Crippen molar-refractivity contribution < 1.29 is 9.59 Å². The second-order valence-electron chi connectivity index (χ2n) is 6.04. The van der Waals surface area contributed by atoms with Crippen LogP contribution in [0.2, 0.25) is 0 Å². The summed E-state index contributed by atoms with van der Waals surface area (Å²) in [4.78, 5) is 23.1. The zero-order valence-electron chi connectivity index (χ0n) is 14.5. The van der Waals surface area contributed by atoms with Crippen LogP contribution in [0.25, 0.3) is 0 Å². The van der Waals surface area contributed by atoms with Crippen molar-refractivity contribution in [3.8, 4) is 0 Å². The topological polar surface area (TPSA) is 84.2 Å². The number of nitrogens with one attached hydrogen (secondary N) is 2. The first-order chi connectivity index (χ1) is 12.1. The summed E-state index contributed by atoms with van der Waals surface area (Å²) in [5.41, 5.74) is 7.99. The van der Waals surface area contributed by atoms with Gasteiger partial charge in [0.05, 0.1) is 0 Å². The Balaban J connectivity index is 1.77. The van der Waals surface area contributed by atoms with E-state index in [0.717, 1.165) is 24.0 Å². The van der Waals surface area contributed by atoms with Gasteiger partial charge >= 0.3 is 0 Å². The molecule has 0 aliphatic carbocycles. The Morgan fingerprint density at radius 3 is 2.28 bits per heavy atom. The van der Waals surface area contributed by atoms with E-state index in [2.05, 4.69) is 10.6 Å². The predicted molar refractivity (Wildman–Crippen MR) is 99.3 cm³/mol. The van der Waals surface area contributed by atoms with E-state index in [9.17, 15) is 9.59 Å². The van der Waals surface area contributed by atoms with Gasteiger partial charge in [0.25, 0.3) is 0 Å². The maximum absolute atomic E-state index is 12.0. The van der Waals surface area contributed by atoms with Crippen LogP contribution in [0.3, 0.4) is 0 Å². The molecule has 0 aromatic heterocycles. The van der Waals surface area contributed by atoms with Crippen molar-refractivity contribution in [2.45, 2.75) is 25.3 Å². The zero-order valence-corrected chi connectivity index (χ0v) is 14.5. The summed E-state index contributed by atoms with van der Waals surface area (Å²) in [7, 11) is 1.87. The van der Waals surface area contributed by atoms with Crippen LogP contribution >= 0.6 is 0 Å². The standard InChI is InChI=1S/C20H25N3O2/c1-22-18(13-16-7-10-17(11-8-16)20(21)25)14-23-19(24)12-9-15-5-3-2-4-6-15/h2-8,10-11,18,22H,9,12-14H2,1H3,(H2,21,25)(H,23,24)/t18-/m0/s1. The smallest absolute Gasteiger partial charge is 0.248 e. The molecule has 0 aliphatic rings. The Kier molecular flexibility index (Phi) is 7.16. The first-order valence-electron chi connectivity index (χ1n) is 8.45. The van der Waals surface area contributed by atoms with E-state index >= 15 is 0 Å². The minimum atomic E-state index is -0.428. The summed E-state index contributed by atoms with van der Waals surface area (Å²) in [6.45, 7) is 0.557. The maximum atomic E-state index is 12.0. The molecule has 2 aromatic rings. The van der Waals surface area contributed by atoms with Crippen molar-refractivity contribution in [1.82, 2.24) is 10.6 Å². The number of amides is 2. The number of carbonyl (C=O) groups is 2. The molecule has 0 saturated heterocycles. The van der Waals surface area contributed by atoms with E-state index in [1.807, 2.05) is 49.5 Å². The van der Waals surface area contributed by atoms with Crippen molar-refractivity contribution in [1.29, 1.82) is 0 Å². The number of hydrogen-bond acceptors (Lipinski definition) is 3. The molecule has 0 saturated carbocycles. The zero-order chi connectivity index (χ0) is 18.1. The van der Waals surface area contributed by atoms with Crippen LogP contribution in [0.1, 0.15) is 27.9 Å². The molecule has 0 fully saturated rings.